The summed E-state index contributed by atoms with van der Waals surface area (Å²) in [5, 5.41) is 32.7. The van der Waals surface area contributed by atoms with Crippen molar-refractivity contribution >= 4 is 0 Å². The van der Waals surface area contributed by atoms with Crippen molar-refractivity contribution in [1.29, 1.82) is 0 Å². The molecule has 6 aliphatic rings. The summed E-state index contributed by atoms with van der Waals surface area (Å²) in [4.78, 5) is 0. The number of hydrogen-bond donors (Lipinski definition) is 3. The minimum atomic E-state index is -0.555. The maximum Gasteiger partial charge on any atom is 0.160 e. The SMILES string of the molecule is COc1cc([C@H]2OC3=C4[C@@H]5[C@@H](C)[C@H](C)CC[C@]5(C)CC[C@@]4(C)[C@]4(C)CC[C@H]5C(C)(C)[C@@H](O)CC[C@]5(C)[C@H]4[C@@H]3O[C@@H]2CO)ccc1O. The summed E-state index contributed by atoms with van der Waals surface area (Å²) in [5.74, 6) is 3.65. The van der Waals surface area contributed by atoms with Gasteiger partial charge in [-0.3, -0.25) is 0 Å². The van der Waals surface area contributed by atoms with E-state index in [1.807, 2.05) is 12.1 Å². The number of aromatic hydroxyl groups is 1. The molecule has 46 heavy (non-hydrogen) atoms. The first-order valence-electron chi connectivity index (χ1n) is 18.3. The Morgan fingerprint density at radius 2 is 1.65 bits per heavy atom. The van der Waals surface area contributed by atoms with Gasteiger partial charge in [0.05, 0.1) is 19.8 Å². The van der Waals surface area contributed by atoms with E-state index in [1.54, 1.807) is 13.2 Å². The molecule has 0 amide bonds. The Kier molecular flexibility index (Phi) is 7.56. The first kappa shape index (κ1) is 32.8. The lowest BCUT2D eigenvalue weighted by atomic mass is 9.32. The molecule has 1 aliphatic heterocycles. The summed E-state index contributed by atoms with van der Waals surface area (Å²) >= 11 is 0. The number of methoxy groups -OCH3 is 1. The number of fused-ring (bicyclic) bond motifs is 9. The summed E-state index contributed by atoms with van der Waals surface area (Å²) in [6, 6.07) is 5.37. The van der Waals surface area contributed by atoms with E-state index in [0.717, 1.165) is 43.4 Å². The molecule has 0 spiro atoms. The molecule has 5 aliphatic carbocycles. The molecule has 6 nitrogen and oxygen atoms in total. The maximum absolute atomic E-state index is 11.3. The van der Waals surface area contributed by atoms with Gasteiger partial charge in [-0.2, -0.15) is 0 Å². The lowest BCUT2D eigenvalue weighted by Gasteiger charge is -2.73. The van der Waals surface area contributed by atoms with E-state index < -0.39 is 12.2 Å². The maximum atomic E-state index is 11.3. The van der Waals surface area contributed by atoms with Crippen LogP contribution in [0, 0.1) is 56.7 Å². The average molecular weight is 637 g/mol. The van der Waals surface area contributed by atoms with Crippen LogP contribution in [-0.4, -0.2) is 47.3 Å². The van der Waals surface area contributed by atoms with Gasteiger partial charge in [-0.25, -0.2) is 0 Å². The lowest BCUT2D eigenvalue weighted by molar-refractivity contribution is -0.275. The fourth-order valence-electron chi connectivity index (χ4n) is 13.0. The van der Waals surface area contributed by atoms with Crippen molar-refractivity contribution in [3.8, 4) is 11.5 Å². The molecule has 7 rings (SSSR count). The molecule has 0 bridgehead atoms. The van der Waals surface area contributed by atoms with Gasteiger partial charge in [0.25, 0.3) is 0 Å². The Hall–Kier alpha value is -1.76. The number of aliphatic hydroxyl groups is 2. The van der Waals surface area contributed by atoms with E-state index in [-0.39, 0.29) is 57.6 Å². The van der Waals surface area contributed by atoms with Crippen molar-refractivity contribution < 1.29 is 29.5 Å². The summed E-state index contributed by atoms with van der Waals surface area (Å²) < 4.78 is 20.3. The highest BCUT2D eigenvalue weighted by molar-refractivity contribution is 5.44. The fourth-order valence-corrected chi connectivity index (χ4v) is 13.0. The second-order valence-corrected chi connectivity index (χ2v) is 18.2. The molecule has 0 radical (unpaired) electrons. The Morgan fingerprint density at radius 1 is 0.913 bits per heavy atom. The summed E-state index contributed by atoms with van der Waals surface area (Å²) in [6.45, 7) is 19.6. The van der Waals surface area contributed by atoms with Crippen molar-refractivity contribution in [3.63, 3.8) is 0 Å². The van der Waals surface area contributed by atoms with E-state index in [0.29, 0.717) is 29.4 Å². The highest BCUT2D eigenvalue weighted by atomic mass is 16.6. The average Bonchev–Trinajstić information content (AvgIpc) is 3.01. The molecule has 1 saturated heterocycles. The van der Waals surface area contributed by atoms with Gasteiger partial charge in [0.15, 0.2) is 17.6 Å². The van der Waals surface area contributed by atoms with E-state index in [2.05, 4.69) is 55.4 Å². The third-order valence-corrected chi connectivity index (χ3v) is 16.0. The van der Waals surface area contributed by atoms with Gasteiger partial charge in [0.1, 0.15) is 18.0 Å². The molecule has 1 heterocycles. The zero-order valence-electron chi connectivity index (χ0n) is 29.9. The molecule has 0 aromatic heterocycles. The minimum absolute atomic E-state index is 0.0141. The third-order valence-electron chi connectivity index (χ3n) is 16.0. The van der Waals surface area contributed by atoms with Gasteiger partial charge in [0.2, 0.25) is 0 Å². The van der Waals surface area contributed by atoms with E-state index >= 15 is 0 Å². The van der Waals surface area contributed by atoms with Crippen molar-refractivity contribution in [3.05, 3.63) is 35.1 Å². The van der Waals surface area contributed by atoms with Crippen molar-refractivity contribution in [2.45, 2.75) is 131 Å². The van der Waals surface area contributed by atoms with E-state index in [4.69, 9.17) is 14.2 Å². The van der Waals surface area contributed by atoms with Crippen LogP contribution in [0.5, 0.6) is 11.5 Å². The normalized spacial score (nSPS) is 49.4. The minimum Gasteiger partial charge on any atom is -0.504 e. The smallest absolute Gasteiger partial charge is 0.160 e. The van der Waals surface area contributed by atoms with E-state index in [9.17, 15) is 15.3 Å². The quantitative estimate of drug-likeness (QED) is 0.310. The predicted molar refractivity (Wildman–Crippen MR) is 179 cm³/mol. The standard InChI is InChI=1S/C40H60O6/c1-22-12-15-37(5)18-19-39(7)31(30(37)23(22)2)33-34(45-27(21-41)32(46-33)24-10-11-25(42)26(20-24)44-9)35-38(6)16-14-29(43)36(3,4)28(38)13-17-40(35,39)8/h10-11,20,22-23,27-30,32,34-35,41-43H,12-19,21H2,1-9H3/t22-,23+,27-,28+,29+,30+,32-,34-,35-,37-,38+,39-,40-/m1/s1. The predicted octanol–water partition coefficient (Wildman–Crippen LogP) is 8.19. The van der Waals surface area contributed by atoms with Crippen LogP contribution in [0.15, 0.2) is 29.5 Å². The zero-order valence-corrected chi connectivity index (χ0v) is 29.9. The van der Waals surface area contributed by atoms with Gasteiger partial charge in [-0.1, -0.05) is 61.5 Å². The number of benzene rings is 1. The molecule has 13 atom stereocenters. The first-order chi connectivity index (χ1) is 21.6. The van der Waals surface area contributed by atoms with Crippen LogP contribution in [0.4, 0.5) is 0 Å². The van der Waals surface area contributed by atoms with Crippen LogP contribution in [0.3, 0.4) is 0 Å². The second kappa shape index (κ2) is 10.6. The number of hydrogen-bond acceptors (Lipinski definition) is 6. The highest BCUT2D eigenvalue weighted by Crippen LogP contribution is 2.77. The van der Waals surface area contributed by atoms with Gasteiger partial charge in [-0.05, 0) is 125 Å². The van der Waals surface area contributed by atoms with Crippen LogP contribution >= 0.6 is 0 Å². The molecule has 3 N–H and O–H groups in total. The van der Waals surface area contributed by atoms with Gasteiger partial charge in [-0.15, -0.1) is 0 Å². The van der Waals surface area contributed by atoms with Crippen LogP contribution in [0.25, 0.3) is 0 Å². The van der Waals surface area contributed by atoms with Crippen LogP contribution in [0.2, 0.25) is 0 Å². The number of aliphatic hydroxyl groups excluding tert-OH is 2. The summed E-state index contributed by atoms with van der Waals surface area (Å²) in [7, 11) is 1.56. The molecule has 1 aromatic carbocycles. The molecular formula is C40H60O6. The molecule has 6 heteroatoms. The number of phenolic OH excluding ortho intramolecular Hbond substituents is 1. The highest BCUT2D eigenvalue weighted by Gasteiger charge is 2.73. The zero-order chi connectivity index (χ0) is 33.2. The number of phenols is 1. The Balaban J connectivity index is 1.46. The first-order valence-corrected chi connectivity index (χ1v) is 18.3. The van der Waals surface area contributed by atoms with Crippen LogP contribution in [0.1, 0.15) is 118 Å². The molecule has 5 fully saturated rings. The fraction of sp³-hybridized carbons (Fsp3) is 0.800. The molecule has 4 saturated carbocycles. The van der Waals surface area contributed by atoms with Crippen molar-refractivity contribution in [2.24, 2.45) is 56.7 Å². The van der Waals surface area contributed by atoms with Gasteiger partial charge < -0.3 is 29.5 Å². The second-order valence-electron chi connectivity index (χ2n) is 18.2. The number of rotatable bonds is 3. The number of ether oxygens (including phenoxy) is 3. The summed E-state index contributed by atoms with van der Waals surface area (Å²) in [6.07, 6.45) is 7.26. The molecule has 1 aromatic rings. The molecular weight excluding hydrogens is 576 g/mol. The molecule has 0 unspecified atom stereocenters. The van der Waals surface area contributed by atoms with Crippen molar-refractivity contribution in [2.75, 3.05) is 13.7 Å². The van der Waals surface area contributed by atoms with Gasteiger partial charge in [0, 0.05) is 5.92 Å². The Morgan fingerprint density at radius 3 is 2.35 bits per heavy atom. The number of allylic oxidation sites excluding steroid dienone is 1. The Labute approximate surface area is 277 Å². The third kappa shape index (κ3) is 4.17. The lowest BCUT2D eigenvalue weighted by Crippen LogP contribution is -2.70. The molecule has 256 valence electrons. The Bertz CT molecular complexity index is 1400. The monoisotopic (exact) mass is 636 g/mol. The van der Waals surface area contributed by atoms with Crippen molar-refractivity contribution in [1.82, 2.24) is 0 Å². The topological polar surface area (TPSA) is 88.4 Å². The van der Waals surface area contributed by atoms with Gasteiger partial charge >= 0.3 is 0 Å². The summed E-state index contributed by atoms with van der Waals surface area (Å²) in [5.41, 5.74) is 2.26. The largest absolute Gasteiger partial charge is 0.504 e. The van der Waals surface area contributed by atoms with Crippen LogP contribution < -0.4 is 4.74 Å². The van der Waals surface area contributed by atoms with Crippen LogP contribution in [-0.2, 0) is 9.47 Å². The van der Waals surface area contributed by atoms with E-state index in [1.165, 1.54) is 24.8 Å².